The average molecular weight is 223 g/mol. The molecular formula is C10H16F3NO. The molecule has 0 aromatic carbocycles. The highest BCUT2D eigenvalue weighted by molar-refractivity contribution is 4.95. The summed E-state index contributed by atoms with van der Waals surface area (Å²) in [5.74, 6) is -0.606. The molecule has 0 aliphatic rings. The fourth-order valence-electron chi connectivity index (χ4n) is 1.49. The molecule has 0 radical (unpaired) electrons. The summed E-state index contributed by atoms with van der Waals surface area (Å²) < 4.78 is 35.5. The molecule has 0 aromatic heterocycles. The van der Waals surface area contributed by atoms with Crippen molar-refractivity contribution in [2.24, 2.45) is 5.92 Å². The Kier molecular flexibility index (Phi) is 5.09. The van der Waals surface area contributed by atoms with Gasteiger partial charge in [0.1, 0.15) is 0 Å². The number of halogens is 3. The second-order valence-electron chi connectivity index (χ2n) is 3.92. The van der Waals surface area contributed by atoms with Gasteiger partial charge < -0.3 is 5.11 Å². The molecule has 0 spiro atoms. The number of rotatable bonds is 5. The van der Waals surface area contributed by atoms with Crippen LogP contribution in [0.1, 0.15) is 39.5 Å². The molecule has 0 rings (SSSR count). The van der Waals surface area contributed by atoms with Gasteiger partial charge in [-0.1, -0.05) is 6.92 Å². The fourth-order valence-corrected chi connectivity index (χ4v) is 1.49. The topological polar surface area (TPSA) is 44.0 Å². The molecule has 2 unspecified atom stereocenters. The van der Waals surface area contributed by atoms with Crippen molar-refractivity contribution in [3.63, 3.8) is 0 Å². The van der Waals surface area contributed by atoms with Crippen molar-refractivity contribution < 1.29 is 18.3 Å². The summed E-state index contributed by atoms with van der Waals surface area (Å²) >= 11 is 0. The minimum absolute atomic E-state index is 0.00141. The molecule has 5 heteroatoms. The molecular weight excluding hydrogens is 207 g/mol. The van der Waals surface area contributed by atoms with E-state index in [0.29, 0.717) is 6.42 Å². The summed E-state index contributed by atoms with van der Waals surface area (Å²) in [6.45, 7) is 3.15. The van der Waals surface area contributed by atoms with Gasteiger partial charge in [-0.3, -0.25) is 0 Å². The Bertz CT molecular complexity index is 230. The summed E-state index contributed by atoms with van der Waals surface area (Å²) in [6, 6.07) is 1.91. The Labute approximate surface area is 87.7 Å². The maximum atomic E-state index is 11.8. The van der Waals surface area contributed by atoms with E-state index in [9.17, 15) is 18.3 Å². The first-order chi connectivity index (χ1) is 6.73. The minimum atomic E-state index is -4.19. The average Bonchev–Trinajstić information content (AvgIpc) is 2.02. The van der Waals surface area contributed by atoms with Gasteiger partial charge in [0, 0.05) is 6.42 Å². The molecule has 15 heavy (non-hydrogen) atoms. The zero-order valence-electron chi connectivity index (χ0n) is 8.93. The fraction of sp³-hybridized carbons (Fsp3) is 0.900. The highest BCUT2D eigenvalue weighted by atomic mass is 19.4. The lowest BCUT2D eigenvalue weighted by Gasteiger charge is -2.27. The lowest BCUT2D eigenvalue weighted by atomic mass is 9.84. The molecule has 0 amide bonds. The van der Waals surface area contributed by atoms with Gasteiger partial charge in [0.05, 0.1) is 17.6 Å². The smallest absolute Gasteiger partial charge is 0.389 e. The van der Waals surface area contributed by atoms with Gasteiger partial charge in [0.15, 0.2) is 0 Å². The van der Waals surface area contributed by atoms with Gasteiger partial charge in [0.25, 0.3) is 0 Å². The molecule has 0 aliphatic heterocycles. The molecule has 0 heterocycles. The molecule has 88 valence electrons. The monoisotopic (exact) mass is 223 g/mol. The molecule has 0 bridgehead atoms. The van der Waals surface area contributed by atoms with Gasteiger partial charge in [-0.2, -0.15) is 18.4 Å². The van der Waals surface area contributed by atoms with Gasteiger partial charge in [-0.05, 0) is 26.2 Å². The summed E-state index contributed by atoms with van der Waals surface area (Å²) in [5, 5.41) is 18.5. The number of hydrogen-bond donors (Lipinski definition) is 1. The van der Waals surface area contributed by atoms with Crippen LogP contribution in [0.3, 0.4) is 0 Å². The third kappa shape index (κ3) is 5.63. The second-order valence-corrected chi connectivity index (χ2v) is 3.92. The van der Waals surface area contributed by atoms with Crippen molar-refractivity contribution in [2.75, 3.05) is 0 Å². The SMILES string of the molecule is CCC(C#N)C(C)(O)CCCC(F)(F)F. The lowest BCUT2D eigenvalue weighted by molar-refractivity contribution is -0.138. The maximum Gasteiger partial charge on any atom is 0.389 e. The Morgan fingerprint density at radius 1 is 1.33 bits per heavy atom. The van der Waals surface area contributed by atoms with E-state index in [4.69, 9.17) is 5.26 Å². The highest BCUT2D eigenvalue weighted by Crippen LogP contribution is 2.29. The first kappa shape index (κ1) is 14.2. The largest absolute Gasteiger partial charge is 0.389 e. The Morgan fingerprint density at radius 3 is 2.20 bits per heavy atom. The van der Waals surface area contributed by atoms with Gasteiger partial charge in [0.2, 0.25) is 0 Å². The number of hydrogen-bond acceptors (Lipinski definition) is 2. The zero-order chi connectivity index (χ0) is 12.1. The molecule has 2 atom stereocenters. The summed E-state index contributed by atoms with van der Waals surface area (Å²) in [4.78, 5) is 0. The van der Waals surface area contributed by atoms with E-state index in [2.05, 4.69) is 0 Å². The van der Waals surface area contributed by atoms with Crippen LogP contribution in [0.2, 0.25) is 0 Å². The molecule has 1 N–H and O–H groups in total. The van der Waals surface area contributed by atoms with E-state index in [1.165, 1.54) is 6.92 Å². The predicted octanol–water partition coefficient (Wildman–Crippen LogP) is 3.02. The van der Waals surface area contributed by atoms with Crippen LogP contribution in [0.25, 0.3) is 0 Å². The van der Waals surface area contributed by atoms with Crippen molar-refractivity contribution >= 4 is 0 Å². The molecule has 2 nitrogen and oxygen atoms in total. The van der Waals surface area contributed by atoms with E-state index in [1.54, 1.807) is 6.92 Å². The first-order valence-corrected chi connectivity index (χ1v) is 4.91. The lowest BCUT2D eigenvalue weighted by Crippen LogP contribution is -2.33. The van der Waals surface area contributed by atoms with E-state index in [1.807, 2.05) is 6.07 Å². The predicted molar refractivity (Wildman–Crippen MR) is 49.9 cm³/mol. The first-order valence-electron chi connectivity index (χ1n) is 4.91. The molecule has 0 saturated carbocycles. The van der Waals surface area contributed by atoms with E-state index in [0.717, 1.165) is 0 Å². The van der Waals surface area contributed by atoms with Crippen molar-refractivity contribution in [1.82, 2.24) is 0 Å². The van der Waals surface area contributed by atoms with Gasteiger partial charge in [-0.25, -0.2) is 0 Å². The summed E-state index contributed by atoms with van der Waals surface area (Å²) in [7, 11) is 0. The van der Waals surface area contributed by atoms with Crippen LogP contribution < -0.4 is 0 Å². The highest BCUT2D eigenvalue weighted by Gasteiger charge is 2.33. The van der Waals surface area contributed by atoms with Crippen LogP contribution in [0.15, 0.2) is 0 Å². The third-order valence-corrected chi connectivity index (χ3v) is 2.46. The third-order valence-electron chi connectivity index (χ3n) is 2.46. The van der Waals surface area contributed by atoms with Crippen LogP contribution in [0, 0.1) is 17.2 Å². The van der Waals surface area contributed by atoms with E-state index in [-0.39, 0.29) is 12.8 Å². The number of aliphatic hydroxyl groups is 1. The number of nitrogens with zero attached hydrogens (tertiary/aromatic N) is 1. The molecule has 0 aromatic rings. The Balaban J connectivity index is 4.10. The van der Waals surface area contributed by atoms with Crippen LogP contribution in [0.4, 0.5) is 13.2 Å². The van der Waals surface area contributed by atoms with Crippen molar-refractivity contribution in [3.8, 4) is 6.07 Å². The molecule has 0 aliphatic carbocycles. The Hall–Kier alpha value is -0.760. The summed E-state index contributed by atoms with van der Waals surface area (Å²) in [6.07, 6.45) is -4.81. The summed E-state index contributed by atoms with van der Waals surface area (Å²) in [5.41, 5.74) is -1.32. The van der Waals surface area contributed by atoms with Gasteiger partial charge >= 0.3 is 6.18 Å². The van der Waals surface area contributed by atoms with Crippen LogP contribution in [-0.2, 0) is 0 Å². The van der Waals surface area contributed by atoms with Crippen LogP contribution in [0.5, 0.6) is 0 Å². The standard InChI is InChI=1S/C10H16F3NO/c1-3-8(7-14)9(2,15)5-4-6-10(11,12)13/h8,15H,3-6H2,1-2H3. The minimum Gasteiger partial charge on any atom is -0.389 e. The molecule has 0 saturated heterocycles. The quantitative estimate of drug-likeness (QED) is 0.778. The van der Waals surface area contributed by atoms with Gasteiger partial charge in [-0.15, -0.1) is 0 Å². The normalized spacial score (nSPS) is 17.9. The zero-order valence-corrected chi connectivity index (χ0v) is 8.93. The molecule has 0 fully saturated rings. The van der Waals surface area contributed by atoms with E-state index < -0.39 is 24.1 Å². The van der Waals surface area contributed by atoms with Crippen molar-refractivity contribution in [2.45, 2.75) is 51.3 Å². The number of alkyl halides is 3. The maximum absolute atomic E-state index is 11.8. The van der Waals surface area contributed by atoms with Crippen LogP contribution >= 0.6 is 0 Å². The van der Waals surface area contributed by atoms with Crippen molar-refractivity contribution in [3.05, 3.63) is 0 Å². The van der Waals surface area contributed by atoms with Crippen LogP contribution in [-0.4, -0.2) is 16.9 Å². The Morgan fingerprint density at radius 2 is 1.87 bits per heavy atom. The second kappa shape index (κ2) is 5.36. The van der Waals surface area contributed by atoms with Crippen molar-refractivity contribution in [1.29, 1.82) is 5.26 Å². The van der Waals surface area contributed by atoms with E-state index >= 15 is 0 Å². The number of nitriles is 1.